The van der Waals surface area contributed by atoms with Crippen molar-refractivity contribution in [1.29, 1.82) is 0 Å². The summed E-state index contributed by atoms with van der Waals surface area (Å²) in [5.74, 6) is 0. The van der Waals surface area contributed by atoms with Gasteiger partial charge in [0, 0.05) is 0 Å². The largest absolute Gasteiger partial charge is 0.401 e. The Kier molecular flexibility index (Phi) is 4.03. The molecule has 1 saturated heterocycles. The van der Waals surface area contributed by atoms with Crippen LogP contribution >= 0.6 is 0 Å². The number of nitrogens with zero attached hydrogens (tertiary/aromatic N) is 1. The van der Waals surface area contributed by atoms with Crippen LogP contribution in [-0.2, 0) is 0 Å². The van der Waals surface area contributed by atoms with E-state index in [0.717, 1.165) is 25.7 Å². The molecule has 0 amide bonds. The van der Waals surface area contributed by atoms with E-state index in [4.69, 9.17) is 0 Å². The summed E-state index contributed by atoms with van der Waals surface area (Å²) < 4.78 is 36.1. The van der Waals surface area contributed by atoms with Gasteiger partial charge >= 0.3 is 6.18 Å². The van der Waals surface area contributed by atoms with E-state index in [1.165, 1.54) is 11.3 Å². The maximum Gasteiger partial charge on any atom is 0.401 e. The van der Waals surface area contributed by atoms with E-state index >= 15 is 0 Å². The van der Waals surface area contributed by atoms with Crippen molar-refractivity contribution in [3.63, 3.8) is 0 Å². The Morgan fingerprint density at radius 3 is 1.77 bits per heavy atom. The van der Waals surface area contributed by atoms with E-state index in [9.17, 15) is 13.2 Å². The molecule has 1 heterocycles. The highest BCUT2D eigenvalue weighted by molar-refractivity contribution is 4.65. The van der Waals surface area contributed by atoms with Crippen LogP contribution in [0.1, 0.15) is 32.1 Å². The van der Waals surface area contributed by atoms with Gasteiger partial charge in [-0.25, -0.2) is 0 Å². The van der Waals surface area contributed by atoms with Crippen molar-refractivity contribution in [1.82, 2.24) is 4.90 Å². The minimum Gasteiger partial charge on any atom is -0.295 e. The molecule has 1 nitrogen and oxygen atoms in total. The molecule has 0 aromatic carbocycles. The summed E-state index contributed by atoms with van der Waals surface area (Å²) in [6, 6.07) is 0. The Bertz CT molecular complexity index is 136. The fourth-order valence-corrected chi connectivity index (χ4v) is 1.72. The van der Waals surface area contributed by atoms with Crippen LogP contribution in [0, 0.1) is 0 Å². The van der Waals surface area contributed by atoms with E-state index in [1.54, 1.807) is 0 Å². The lowest BCUT2D eigenvalue weighted by Gasteiger charge is -2.25. The van der Waals surface area contributed by atoms with Gasteiger partial charge in [-0.2, -0.15) is 13.2 Å². The van der Waals surface area contributed by atoms with Crippen LogP contribution in [0.25, 0.3) is 0 Å². The monoisotopic (exact) mass is 195 g/mol. The number of hydrogen-bond acceptors (Lipinski definition) is 1. The predicted octanol–water partition coefficient (Wildman–Crippen LogP) is 2.81. The maximum absolute atomic E-state index is 12.0. The van der Waals surface area contributed by atoms with Gasteiger partial charge in [0.2, 0.25) is 0 Å². The van der Waals surface area contributed by atoms with Crippen molar-refractivity contribution in [2.75, 3.05) is 19.6 Å². The average Bonchev–Trinajstić information content (AvgIpc) is 1.92. The second kappa shape index (κ2) is 4.84. The molecule has 0 bridgehead atoms. The normalized spacial score (nSPS) is 22.4. The lowest BCUT2D eigenvalue weighted by atomic mass is 10.1. The predicted molar refractivity (Wildman–Crippen MR) is 45.6 cm³/mol. The molecule has 0 aromatic rings. The first-order valence-corrected chi connectivity index (χ1v) is 4.87. The third kappa shape index (κ3) is 5.13. The molecular formula is C9H16F3N. The molecule has 0 aliphatic carbocycles. The Balaban J connectivity index is 2.29. The van der Waals surface area contributed by atoms with Crippen molar-refractivity contribution in [2.24, 2.45) is 0 Å². The zero-order valence-electron chi connectivity index (χ0n) is 7.74. The number of halogens is 3. The molecule has 0 N–H and O–H groups in total. The van der Waals surface area contributed by atoms with E-state index in [0.29, 0.717) is 13.1 Å². The van der Waals surface area contributed by atoms with Crippen LogP contribution < -0.4 is 0 Å². The zero-order valence-corrected chi connectivity index (χ0v) is 7.74. The van der Waals surface area contributed by atoms with Crippen molar-refractivity contribution in [3.05, 3.63) is 0 Å². The zero-order chi connectivity index (χ0) is 9.73. The van der Waals surface area contributed by atoms with Crippen LogP contribution in [0.15, 0.2) is 0 Å². The summed E-state index contributed by atoms with van der Waals surface area (Å²) in [6.07, 6.45) is 1.13. The first-order valence-electron chi connectivity index (χ1n) is 4.87. The van der Waals surface area contributed by atoms with E-state index < -0.39 is 12.7 Å². The second-order valence-corrected chi connectivity index (χ2v) is 3.66. The highest BCUT2D eigenvalue weighted by atomic mass is 19.4. The Labute approximate surface area is 76.9 Å². The Morgan fingerprint density at radius 2 is 1.31 bits per heavy atom. The van der Waals surface area contributed by atoms with E-state index in [1.807, 2.05) is 0 Å². The number of hydrogen-bond donors (Lipinski definition) is 0. The third-order valence-electron chi connectivity index (χ3n) is 2.35. The number of rotatable bonds is 1. The molecular weight excluding hydrogens is 179 g/mol. The van der Waals surface area contributed by atoms with Crippen LogP contribution in [-0.4, -0.2) is 30.7 Å². The average molecular weight is 195 g/mol. The molecule has 0 aromatic heterocycles. The number of alkyl halides is 3. The number of likely N-dealkylation sites (tertiary alicyclic amines) is 1. The molecule has 0 unspecified atom stereocenters. The fraction of sp³-hybridized carbons (Fsp3) is 1.00. The van der Waals surface area contributed by atoms with Crippen molar-refractivity contribution in [3.8, 4) is 0 Å². The van der Waals surface area contributed by atoms with Gasteiger partial charge in [-0.3, -0.25) is 4.90 Å². The first-order chi connectivity index (χ1) is 6.08. The lowest BCUT2D eigenvalue weighted by Crippen LogP contribution is -2.36. The molecule has 0 atom stereocenters. The van der Waals surface area contributed by atoms with Gasteiger partial charge in [-0.1, -0.05) is 19.3 Å². The van der Waals surface area contributed by atoms with Crippen LogP contribution in [0.5, 0.6) is 0 Å². The van der Waals surface area contributed by atoms with Gasteiger partial charge in [0.25, 0.3) is 0 Å². The highest BCUT2D eigenvalue weighted by Crippen LogP contribution is 2.18. The summed E-state index contributed by atoms with van der Waals surface area (Å²) in [6.45, 7) is 0.492. The first kappa shape index (κ1) is 10.8. The van der Waals surface area contributed by atoms with E-state index in [2.05, 4.69) is 0 Å². The lowest BCUT2D eigenvalue weighted by molar-refractivity contribution is -0.146. The molecule has 0 saturated carbocycles. The summed E-state index contributed by atoms with van der Waals surface area (Å²) in [7, 11) is 0. The molecule has 0 spiro atoms. The maximum atomic E-state index is 12.0. The Hall–Kier alpha value is -0.250. The fourth-order valence-electron chi connectivity index (χ4n) is 1.72. The van der Waals surface area contributed by atoms with Gasteiger partial charge in [-0.05, 0) is 25.9 Å². The Morgan fingerprint density at radius 1 is 0.846 bits per heavy atom. The van der Waals surface area contributed by atoms with Crippen LogP contribution in [0.3, 0.4) is 0 Å². The highest BCUT2D eigenvalue weighted by Gasteiger charge is 2.30. The van der Waals surface area contributed by atoms with Crippen molar-refractivity contribution >= 4 is 0 Å². The van der Waals surface area contributed by atoms with E-state index in [-0.39, 0.29) is 0 Å². The minimum atomic E-state index is -4.03. The molecule has 1 aliphatic heterocycles. The third-order valence-corrected chi connectivity index (χ3v) is 2.35. The molecule has 1 rings (SSSR count). The minimum absolute atomic E-state index is 0.611. The molecule has 4 heteroatoms. The summed E-state index contributed by atoms with van der Waals surface area (Å²) in [4.78, 5) is 1.53. The van der Waals surface area contributed by atoms with Crippen molar-refractivity contribution in [2.45, 2.75) is 38.3 Å². The van der Waals surface area contributed by atoms with Gasteiger partial charge in [0.1, 0.15) is 0 Å². The molecule has 1 fully saturated rings. The summed E-state index contributed by atoms with van der Waals surface area (Å²) in [5, 5.41) is 0. The van der Waals surface area contributed by atoms with Crippen LogP contribution in [0.4, 0.5) is 13.2 Å². The topological polar surface area (TPSA) is 3.24 Å². The molecule has 78 valence electrons. The van der Waals surface area contributed by atoms with Crippen LogP contribution in [0.2, 0.25) is 0 Å². The SMILES string of the molecule is FC(F)(F)CN1CCCCCCC1. The van der Waals surface area contributed by atoms with Gasteiger partial charge in [0.05, 0.1) is 6.54 Å². The smallest absolute Gasteiger partial charge is 0.295 e. The second-order valence-electron chi connectivity index (χ2n) is 3.66. The quantitative estimate of drug-likeness (QED) is 0.622. The molecule has 0 radical (unpaired) electrons. The van der Waals surface area contributed by atoms with Gasteiger partial charge in [-0.15, -0.1) is 0 Å². The van der Waals surface area contributed by atoms with Gasteiger partial charge < -0.3 is 0 Å². The molecule has 13 heavy (non-hydrogen) atoms. The summed E-state index contributed by atoms with van der Waals surface area (Å²) in [5.41, 5.74) is 0. The molecule has 1 aliphatic rings. The standard InChI is InChI=1S/C9H16F3N/c10-9(11,12)8-13-6-4-2-1-3-5-7-13/h1-8H2. The summed E-state index contributed by atoms with van der Waals surface area (Å²) >= 11 is 0. The van der Waals surface area contributed by atoms with Gasteiger partial charge in [0.15, 0.2) is 0 Å². The van der Waals surface area contributed by atoms with Crippen molar-refractivity contribution < 1.29 is 13.2 Å².